The molecular formula is C27H31N5O3S. The minimum atomic E-state index is -1.01. The Balaban J connectivity index is 1.40. The zero-order valence-electron chi connectivity index (χ0n) is 20.6. The first-order valence-electron chi connectivity index (χ1n) is 12.5. The Labute approximate surface area is 213 Å². The number of rotatable bonds is 7. The molecule has 1 saturated heterocycles. The maximum atomic E-state index is 12.9. The molecule has 5 rings (SSSR count). The number of hydrogen-bond acceptors (Lipinski definition) is 7. The van der Waals surface area contributed by atoms with E-state index < -0.39 is 5.97 Å². The molecule has 1 aliphatic rings. The minimum absolute atomic E-state index is 0.0566. The maximum absolute atomic E-state index is 12.9. The second-order valence-corrected chi connectivity index (χ2v) is 10.3. The number of thiophene rings is 1. The van der Waals surface area contributed by atoms with Crippen LogP contribution in [-0.4, -0.2) is 46.7 Å². The van der Waals surface area contributed by atoms with Gasteiger partial charge >= 0.3 is 5.97 Å². The molecule has 0 radical (unpaired) electrons. The van der Waals surface area contributed by atoms with E-state index in [1.165, 1.54) is 0 Å². The SMILES string of the molecule is CCCc1cc(N2CCC(N(CC)c3cc4ccccc4[nH]c3=O)CC2)nc2sc(C(=O)O)c(N)c12. The van der Waals surface area contributed by atoms with Crippen molar-refractivity contribution in [3.05, 3.63) is 57.2 Å². The number of hydrogen-bond donors (Lipinski definition) is 3. The number of nitrogen functional groups attached to an aromatic ring is 1. The number of carboxylic acids is 1. The van der Waals surface area contributed by atoms with Crippen molar-refractivity contribution in [2.24, 2.45) is 0 Å². The number of aromatic nitrogens is 2. The van der Waals surface area contributed by atoms with E-state index in [4.69, 9.17) is 10.7 Å². The summed E-state index contributed by atoms with van der Waals surface area (Å²) >= 11 is 1.15. The summed E-state index contributed by atoms with van der Waals surface area (Å²) in [6.07, 6.45) is 3.55. The summed E-state index contributed by atoms with van der Waals surface area (Å²) in [6.45, 7) is 6.57. The van der Waals surface area contributed by atoms with Gasteiger partial charge in [-0.25, -0.2) is 9.78 Å². The lowest BCUT2D eigenvalue weighted by Crippen LogP contribution is -2.46. The molecule has 0 aliphatic carbocycles. The minimum Gasteiger partial charge on any atom is -0.477 e. The van der Waals surface area contributed by atoms with Gasteiger partial charge in [-0.15, -0.1) is 11.3 Å². The van der Waals surface area contributed by atoms with Crippen molar-refractivity contribution in [3.8, 4) is 0 Å². The van der Waals surface area contributed by atoms with Gasteiger partial charge in [-0.05, 0) is 49.9 Å². The van der Waals surface area contributed by atoms with E-state index in [0.717, 1.165) is 90.0 Å². The van der Waals surface area contributed by atoms with Gasteiger partial charge in [-0.1, -0.05) is 31.5 Å². The van der Waals surface area contributed by atoms with Crippen LogP contribution >= 0.6 is 11.3 Å². The molecule has 0 unspecified atom stereocenters. The monoisotopic (exact) mass is 505 g/mol. The van der Waals surface area contributed by atoms with Crippen molar-refractivity contribution in [2.45, 2.75) is 45.6 Å². The van der Waals surface area contributed by atoms with E-state index in [-0.39, 0.29) is 16.5 Å². The van der Waals surface area contributed by atoms with Crippen molar-refractivity contribution in [1.82, 2.24) is 9.97 Å². The summed E-state index contributed by atoms with van der Waals surface area (Å²) < 4.78 is 0. The van der Waals surface area contributed by atoms with Crippen LogP contribution in [0.3, 0.4) is 0 Å². The first-order valence-corrected chi connectivity index (χ1v) is 13.3. The molecule has 0 bridgehead atoms. The van der Waals surface area contributed by atoms with E-state index >= 15 is 0 Å². The maximum Gasteiger partial charge on any atom is 0.348 e. The highest BCUT2D eigenvalue weighted by molar-refractivity contribution is 7.21. The fraction of sp³-hybridized carbons (Fsp3) is 0.370. The number of fused-ring (bicyclic) bond motifs is 2. The number of carbonyl (C=O) groups is 1. The van der Waals surface area contributed by atoms with Crippen LogP contribution in [-0.2, 0) is 6.42 Å². The summed E-state index contributed by atoms with van der Waals surface area (Å²) in [5, 5.41) is 11.4. The van der Waals surface area contributed by atoms with Crippen molar-refractivity contribution in [2.75, 3.05) is 35.2 Å². The van der Waals surface area contributed by atoms with Crippen molar-refractivity contribution in [3.63, 3.8) is 0 Å². The molecule has 4 heterocycles. The summed E-state index contributed by atoms with van der Waals surface area (Å²) in [5.74, 6) is -0.141. The Hall–Kier alpha value is -3.59. The topological polar surface area (TPSA) is 116 Å². The predicted octanol–water partition coefficient (Wildman–Crippen LogP) is 4.87. The lowest BCUT2D eigenvalue weighted by atomic mass is 10.0. The standard InChI is InChI=1S/C27H31N5O3S/c1-3-7-17-15-21(30-26-22(17)23(28)24(36-26)27(34)35)31-12-10-18(11-13-31)32(4-2)20-14-16-8-5-6-9-19(16)29-25(20)33/h5-6,8-9,14-15,18H,3-4,7,10-13,28H2,1-2H3,(H,29,33)(H,34,35). The summed E-state index contributed by atoms with van der Waals surface area (Å²) in [7, 11) is 0. The van der Waals surface area contributed by atoms with Gasteiger partial charge in [0, 0.05) is 42.0 Å². The van der Waals surface area contributed by atoms with Crippen molar-refractivity contribution < 1.29 is 9.90 Å². The van der Waals surface area contributed by atoms with Crippen LogP contribution in [0, 0.1) is 0 Å². The second-order valence-electron chi connectivity index (χ2n) is 9.29. The Kier molecular flexibility index (Phi) is 6.57. The van der Waals surface area contributed by atoms with Crippen LogP contribution in [0.1, 0.15) is 48.3 Å². The molecule has 188 valence electrons. The van der Waals surface area contributed by atoms with E-state index in [1.54, 1.807) is 0 Å². The number of anilines is 3. The van der Waals surface area contributed by atoms with Gasteiger partial charge in [0.1, 0.15) is 21.2 Å². The first kappa shape index (κ1) is 24.1. The summed E-state index contributed by atoms with van der Waals surface area (Å²) in [6, 6.07) is 12.2. The number of nitrogens with zero attached hydrogens (tertiary/aromatic N) is 3. The van der Waals surface area contributed by atoms with Crippen molar-refractivity contribution in [1.29, 1.82) is 0 Å². The number of piperidine rings is 1. The zero-order chi connectivity index (χ0) is 25.4. The summed E-state index contributed by atoms with van der Waals surface area (Å²) in [5.41, 5.74) is 9.10. The Morgan fingerprint density at radius 3 is 2.69 bits per heavy atom. The van der Waals surface area contributed by atoms with E-state index in [1.807, 2.05) is 30.3 Å². The number of aryl methyl sites for hydroxylation is 1. The van der Waals surface area contributed by atoms with Crippen LogP contribution in [0.25, 0.3) is 21.1 Å². The third-order valence-electron chi connectivity index (χ3n) is 7.09. The van der Waals surface area contributed by atoms with Crippen molar-refractivity contribution >= 4 is 55.6 Å². The summed E-state index contributed by atoms with van der Waals surface area (Å²) in [4.78, 5) is 37.7. The third kappa shape index (κ3) is 4.28. The van der Waals surface area contributed by atoms with Gasteiger partial charge in [-0.2, -0.15) is 0 Å². The molecule has 0 atom stereocenters. The molecule has 9 heteroatoms. The zero-order valence-corrected chi connectivity index (χ0v) is 21.4. The molecule has 8 nitrogen and oxygen atoms in total. The Morgan fingerprint density at radius 1 is 1.25 bits per heavy atom. The van der Waals surface area contributed by atoms with E-state index in [2.05, 4.69) is 34.7 Å². The number of para-hydroxylation sites is 1. The largest absolute Gasteiger partial charge is 0.477 e. The van der Waals surface area contributed by atoms with Gasteiger partial charge in [0.15, 0.2) is 0 Å². The van der Waals surface area contributed by atoms with E-state index in [9.17, 15) is 14.7 Å². The van der Waals surface area contributed by atoms with Crippen LogP contribution < -0.4 is 21.1 Å². The normalized spacial score (nSPS) is 14.6. The highest BCUT2D eigenvalue weighted by Gasteiger charge is 2.28. The lowest BCUT2D eigenvalue weighted by Gasteiger charge is -2.39. The molecule has 4 aromatic rings. The van der Waals surface area contributed by atoms with Gasteiger partial charge < -0.3 is 25.6 Å². The number of aromatic carboxylic acids is 1. The number of pyridine rings is 2. The fourth-order valence-corrected chi connectivity index (χ4v) is 6.33. The molecule has 1 fully saturated rings. The molecular weight excluding hydrogens is 474 g/mol. The fourth-order valence-electron chi connectivity index (χ4n) is 5.35. The molecule has 0 amide bonds. The molecule has 0 spiro atoms. The van der Waals surface area contributed by atoms with Crippen LogP contribution in [0.4, 0.5) is 17.2 Å². The highest BCUT2D eigenvalue weighted by Crippen LogP contribution is 2.38. The second kappa shape index (κ2) is 9.81. The van der Waals surface area contributed by atoms with Gasteiger partial charge in [0.25, 0.3) is 5.56 Å². The molecule has 3 aromatic heterocycles. The van der Waals surface area contributed by atoms with Crippen LogP contribution in [0.15, 0.2) is 41.2 Å². The molecule has 4 N–H and O–H groups in total. The van der Waals surface area contributed by atoms with Gasteiger partial charge in [0.2, 0.25) is 0 Å². The Morgan fingerprint density at radius 2 is 2.00 bits per heavy atom. The number of H-pyrrole nitrogens is 1. The van der Waals surface area contributed by atoms with Crippen LogP contribution in [0.2, 0.25) is 0 Å². The average Bonchev–Trinajstić information content (AvgIpc) is 3.22. The van der Waals surface area contributed by atoms with Crippen LogP contribution in [0.5, 0.6) is 0 Å². The molecule has 0 saturated carbocycles. The predicted molar refractivity (Wildman–Crippen MR) is 148 cm³/mol. The lowest BCUT2D eigenvalue weighted by molar-refractivity contribution is 0.0703. The highest BCUT2D eigenvalue weighted by atomic mass is 32.1. The number of carboxylic acid groups (broad SMARTS) is 1. The van der Waals surface area contributed by atoms with Gasteiger partial charge in [-0.3, -0.25) is 4.79 Å². The van der Waals surface area contributed by atoms with Gasteiger partial charge in [0.05, 0.1) is 5.69 Å². The quantitative estimate of drug-likeness (QED) is 0.328. The number of benzene rings is 1. The first-order chi connectivity index (χ1) is 17.4. The number of nitrogens with two attached hydrogens (primary N) is 1. The Bertz CT molecular complexity index is 1490. The molecule has 36 heavy (non-hydrogen) atoms. The smallest absolute Gasteiger partial charge is 0.348 e. The average molecular weight is 506 g/mol. The number of aromatic amines is 1. The molecule has 1 aliphatic heterocycles. The van der Waals surface area contributed by atoms with E-state index in [0.29, 0.717) is 10.5 Å². The third-order valence-corrected chi connectivity index (χ3v) is 8.18. The number of nitrogens with one attached hydrogen (secondary N) is 1. The molecule has 1 aromatic carbocycles.